The van der Waals surface area contributed by atoms with Crippen LogP contribution >= 0.6 is 0 Å². The third-order valence-electron chi connectivity index (χ3n) is 3.46. The molecule has 0 unspecified atom stereocenters. The minimum Gasteiger partial charge on any atom is -0.481 e. The number of rotatable bonds is 2. The number of nitrogens with zero attached hydrogens (tertiary/aromatic N) is 3. The molecule has 116 valence electrons. The van der Waals surface area contributed by atoms with E-state index in [1.807, 2.05) is 0 Å². The third-order valence-corrected chi connectivity index (χ3v) is 3.46. The van der Waals surface area contributed by atoms with Crippen LogP contribution in [0.5, 0.6) is 0 Å². The smallest absolute Gasteiger partial charge is 0.433 e. The van der Waals surface area contributed by atoms with Crippen molar-refractivity contribution in [3.8, 4) is 0 Å². The van der Waals surface area contributed by atoms with Gasteiger partial charge >= 0.3 is 12.1 Å². The largest absolute Gasteiger partial charge is 0.481 e. The van der Waals surface area contributed by atoms with E-state index in [1.54, 1.807) is 0 Å². The highest BCUT2D eigenvalue weighted by Gasteiger charge is 2.35. The average Bonchev–Trinajstić information content (AvgIpc) is 2.40. The van der Waals surface area contributed by atoms with E-state index in [2.05, 4.69) is 4.98 Å². The second-order valence-corrected chi connectivity index (χ2v) is 4.96. The van der Waals surface area contributed by atoms with Crippen LogP contribution in [0.15, 0.2) is 10.9 Å². The molecule has 2 rings (SSSR count). The first-order chi connectivity index (χ1) is 9.70. The lowest BCUT2D eigenvalue weighted by Crippen LogP contribution is -2.42. The number of hydrogen-bond acceptors (Lipinski definition) is 4. The van der Waals surface area contributed by atoms with Crippen LogP contribution in [0, 0.1) is 5.92 Å². The predicted octanol–water partition coefficient (Wildman–Crippen LogP) is 1.10. The Morgan fingerprint density at radius 3 is 2.71 bits per heavy atom. The van der Waals surface area contributed by atoms with Crippen LogP contribution in [-0.2, 0) is 18.0 Å². The summed E-state index contributed by atoms with van der Waals surface area (Å²) in [6.45, 7) is 0.405. The molecule has 0 bridgehead atoms. The van der Waals surface area contributed by atoms with Crippen molar-refractivity contribution >= 4 is 11.9 Å². The van der Waals surface area contributed by atoms with Crippen LogP contribution in [0.2, 0.25) is 0 Å². The molecule has 6 nitrogen and oxygen atoms in total. The fourth-order valence-corrected chi connectivity index (χ4v) is 2.32. The Morgan fingerprint density at radius 2 is 2.14 bits per heavy atom. The molecular weight excluding hydrogens is 291 g/mol. The van der Waals surface area contributed by atoms with Gasteiger partial charge in [0.05, 0.1) is 5.92 Å². The molecule has 1 aromatic heterocycles. The molecule has 1 N–H and O–H groups in total. The zero-order valence-electron chi connectivity index (χ0n) is 11.2. The van der Waals surface area contributed by atoms with Crippen molar-refractivity contribution in [2.75, 3.05) is 18.0 Å². The van der Waals surface area contributed by atoms with Crippen LogP contribution in [0.25, 0.3) is 0 Å². The summed E-state index contributed by atoms with van der Waals surface area (Å²) in [5.74, 6) is -1.83. The number of aromatic nitrogens is 2. The molecule has 21 heavy (non-hydrogen) atoms. The van der Waals surface area contributed by atoms with Crippen molar-refractivity contribution in [1.29, 1.82) is 0 Å². The van der Waals surface area contributed by atoms with Gasteiger partial charge in [0.2, 0.25) is 5.95 Å². The Hall–Kier alpha value is -2.06. The zero-order valence-corrected chi connectivity index (χ0v) is 11.2. The summed E-state index contributed by atoms with van der Waals surface area (Å²) >= 11 is 0. The lowest BCUT2D eigenvalue weighted by Gasteiger charge is -2.32. The maximum absolute atomic E-state index is 12.7. The molecule has 0 aromatic carbocycles. The molecule has 1 fully saturated rings. The molecule has 0 saturated carbocycles. The molecule has 0 spiro atoms. The number of carbonyl (C=O) groups is 1. The summed E-state index contributed by atoms with van der Waals surface area (Å²) in [4.78, 5) is 27.6. The van der Waals surface area contributed by atoms with Gasteiger partial charge in [0, 0.05) is 26.2 Å². The molecular formula is C12H14F3N3O3. The van der Waals surface area contributed by atoms with Gasteiger partial charge in [-0.1, -0.05) is 0 Å². The number of alkyl halides is 3. The summed E-state index contributed by atoms with van der Waals surface area (Å²) in [5.41, 5.74) is -2.09. The summed E-state index contributed by atoms with van der Waals surface area (Å²) < 4.78 is 39.2. The quantitative estimate of drug-likeness (QED) is 0.885. The molecule has 0 radical (unpaired) electrons. The zero-order chi connectivity index (χ0) is 15.8. The van der Waals surface area contributed by atoms with E-state index in [4.69, 9.17) is 5.11 Å². The van der Waals surface area contributed by atoms with Crippen LogP contribution in [-0.4, -0.2) is 33.7 Å². The minimum atomic E-state index is -4.72. The molecule has 9 heteroatoms. The standard InChI is InChI=1S/C12H14F3N3O3/c1-17-9(19)5-8(12(13,14)15)16-11(17)18-4-2-3-7(6-18)10(20)21/h5,7H,2-4,6H2,1H3,(H,20,21)/t7-/m0/s1. The monoisotopic (exact) mass is 305 g/mol. The Morgan fingerprint density at radius 1 is 1.48 bits per heavy atom. The van der Waals surface area contributed by atoms with Crippen molar-refractivity contribution in [2.24, 2.45) is 13.0 Å². The van der Waals surface area contributed by atoms with E-state index >= 15 is 0 Å². The number of piperidine rings is 1. The highest BCUT2D eigenvalue weighted by Crippen LogP contribution is 2.28. The first-order valence-corrected chi connectivity index (χ1v) is 6.33. The van der Waals surface area contributed by atoms with Crippen molar-refractivity contribution in [2.45, 2.75) is 19.0 Å². The van der Waals surface area contributed by atoms with Gasteiger partial charge in [0.1, 0.15) is 0 Å². The number of anilines is 1. The van der Waals surface area contributed by atoms with Gasteiger partial charge in [-0.3, -0.25) is 14.2 Å². The Balaban J connectivity index is 2.41. The molecule has 1 atom stereocenters. The lowest BCUT2D eigenvalue weighted by atomic mass is 9.99. The number of carboxylic acids is 1. The van der Waals surface area contributed by atoms with Gasteiger partial charge in [0.25, 0.3) is 5.56 Å². The maximum atomic E-state index is 12.7. The van der Waals surface area contributed by atoms with Crippen LogP contribution in [0.1, 0.15) is 18.5 Å². The Kier molecular flexibility index (Phi) is 3.93. The normalized spacial score (nSPS) is 19.6. The van der Waals surface area contributed by atoms with Crippen LogP contribution in [0.4, 0.5) is 19.1 Å². The SMILES string of the molecule is Cn1c(N2CCC[C@H](C(=O)O)C2)nc(C(F)(F)F)cc1=O. The van der Waals surface area contributed by atoms with E-state index in [9.17, 15) is 22.8 Å². The van der Waals surface area contributed by atoms with E-state index in [0.29, 0.717) is 25.5 Å². The van der Waals surface area contributed by atoms with Crippen molar-refractivity contribution < 1.29 is 23.1 Å². The molecule has 2 heterocycles. The van der Waals surface area contributed by atoms with E-state index in [0.717, 1.165) is 4.57 Å². The van der Waals surface area contributed by atoms with E-state index in [1.165, 1.54) is 11.9 Å². The molecule has 0 aliphatic carbocycles. The third kappa shape index (κ3) is 3.17. The van der Waals surface area contributed by atoms with Gasteiger partial charge in [-0.05, 0) is 12.8 Å². The van der Waals surface area contributed by atoms with Crippen LogP contribution < -0.4 is 10.5 Å². The first kappa shape index (κ1) is 15.3. The van der Waals surface area contributed by atoms with E-state index < -0.39 is 29.3 Å². The fraction of sp³-hybridized carbons (Fsp3) is 0.583. The van der Waals surface area contributed by atoms with E-state index in [-0.39, 0.29) is 12.5 Å². The number of hydrogen-bond donors (Lipinski definition) is 1. The highest BCUT2D eigenvalue weighted by molar-refractivity contribution is 5.71. The highest BCUT2D eigenvalue weighted by atomic mass is 19.4. The molecule has 1 aliphatic rings. The van der Waals surface area contributed by atoms with Gasteiger partial charge < -0.3 is 10.0 Å². The van der Waals surface area contributed by atoms with Crippen LogP contribution in [0.3, 0.4) is 0 Å². The summed E-state index contributed by atoms with van der Waals surface area (Å²) in [6, 6.07) is 0.433. The molecule has 0 amide bonds. The number of halogens is 3. The van der Waals surface area contributed by atoms with Crippen molar-refractivity contribution in [1.82, 2.24) is 9.55 Å². The second-order valence-electron chi connectivity index (χ2n) is 4.96. The summed E-state index contributed by atoms with van der Waals surface area (Å²) in [7, 11) is 1.31. The second kappa shape index (κ2) is 5.38. The number of aliphatic carboxylic acids is 1. The Bertz CT molecular complexity index is 612. The number of carboxylic acid groups (broad SMARTS) is 1. The molecule has 1 saturated heterocycles. The molecule has 1 aromatic rings. The predicted molar refractivity (Wildman–Crippen MR) is 67.1 cm³/mol. The van der Waals surface area contributed by atoms with Crippen molar-refractivity contribution in [3.63, 3.8) is 0 Å². The van der Waals surface area contributed by atoms with Gasteiger partial charge in [-0.15, -0.1) is 0 Å². The average molecular weight is 305 g/mol. The van der Waals surface area contributed by atoms with Gasteiger partial charge in [0.15, 0.2) is 5.69 Å². The maximum Gasteiger partial charge on any atom is 0.433 e. The first-order valence-electron chi connectivity index (χ1n) is 6.33. The lowest BCUT2D eigenvalue weighted by molar-refractivity contribution is -0.142. The summed E-state index contributed by atoms with van der Waals surface area (Å²) in [5, 5.41) is 9.02. The van der Waals surface area contributed by atoms with Gasteiger partial charge in [-0.2, -0.15) is 13.2 Å². The summed E-state index contributed by atoms with van der Waals surface area (Å²) in [6.07, 6.45) is -3.74. The topological polar surface area (TPSA) is 75.4 Å². The Labute approximate surface area is 117 Å². The van der Waals surface area contributed by atoms with Gasteiger partial charge in [-0.25, -0.2) is 4.98 Å². The fourth-order valence-electron chi connectivity index (χ4n) is 2.32. The van der Waals surface area contributed by atoms with Crippen molar-refractivity contribution in [3.05, 3.63) is 22.1 Å². The molecule has 1 aliphatic heterocycles. The minimum absolute atomic E-state index is 0.0386.